The van der Waals surface area contributed by atoms with Crippen LogP contribution in [0.4, 0.5) is 0 Å². The zero-order valence-electron chi connectivity index (χ0n) is 14.4. The number of ether oxygens (including phenoxy) is 3. The second kappa shape index (κ2) is 7.21. The molecule has 25 heavy (non-hydrogen) atoms. The van der Waals surface area contributed by atoms with E-state index in [-0.39, 0.29) is 22.5 Å². The van der Waals surface area contributed by atoms with Crippen molar-refractivity contribution < 1.29 is 28.2 Å². The summed E-state index contributed by atoms with van der Waals surface area (Å²) in [4.78, 5) is 35.8. The number of rotatable bonds is 6. The molecule has 1 atom stereocenters. The summed E-state index contributed by atoms with van der Waals surface area (Å²) in [6.07, 6.45) is -1.38. The molecule has 0 bridgehead atoms. The number of esters is 1. The molecule has 0 aliphatic rings. The fourth-order valence-electron chi connectivity index (χ4n) is 2.43. The van der Waals surface area contributed by atoms with Crippen LogP contribution in [0.3, 0.4) is 0 Å². The van der Waals surface area contributed by atoms with Crippen LogP contribution < -0.4 is 15.1 Å². The van der Waals surface area contributed by atoms with E-state index in [2.05, 4.69) is 6.58 Å². The Labute approximate surface area is 143 Å². The molecule has 0 aliphatic heterocycles. The lowest BCUT2D eigenvalue weighted by atomic mass is 9.97. The third kappa shape index (κ3) is 3.55. The maximum absolute atomic E-state index is 12.6. The SMILES string of the molecule is C=C(C)C(=O)[C@H](OC(C)=O)c1c(OC)c(OC)cc2ccc(=O)oc12. The maximum Gasteiger partial charge on any atom is 0.336 e. The molecule has 7 heteroatoms. The average Bonchev–Trinajstić information content (AvgIpc) is 2.57. The fraction of sp³-hybridized carbons (Fsp3) is 0.278. The zero-order chi connectivity index (χ0) is 18.7. The lowest BCUT2D eigenvalue weighted by Crippen LogP contribution is -2.20. The Kier molecular flexibility index (Phi) is 5.26. The van der Waals surface area contributed by atoms with Gasteiger partial charge in [-0.15, -0.1) is 0 Å². The Balaban J connectivity index is 2.92. The van der Waals surface area contributed by atoms with E-state index < -0.39 is 23.5 Å². The van der Waals surface area contributed by atoms with Crippen molar-refractivity contribution in [2.75, 3.05) is 14.2 Å². The summed E-state index contributed by atoms with van der Waals surface area (Å²) in [5, 5.41) is 0.485. The molecule has 0 spiro atoms. The monoisotopic (exact) mass is 346 g/mol. The minimum Gasteiger partial charge on any atom is -0.493 e. The van der Waals surface area contributed by atoms with E-state index in [0.29, 0.717) is 11.1 Å². The van der Waals surface area contributed by atoms with Crippen LogP contribution in [0, 0.1) is 0 Å². The molecule has 0 fully saturated rings. The van der Waals surface area contributed by atoms with Gasteiger partial charge in [0, 0.05) is 18.4 Å². The Hall–Kier alpha value is -3.09. The highest BCUT2D eigenvalue weighted by Gasteiger charge is 2.32. The molecule has 0 amide bonds. The number of Topliss-reactive ketones (excluding diaryl/α,β-unsaturated/α-hetero) is 1. The van der Waals surface area contributed by atoms with Gasteiger partial charge >= 0.3 is 11.6 Å². The van der Waals surface area contributed by atoms with Gasteiger partial charge in [-0.25, -0.2) is 4.79 Å². The number of hydrogen-bond donors (Lipinski definition) is 0. The van der Waals surface area contributed by atoms with Gasteiger partial charge in [0.25, 0.3) is 0 Å². The summed E-state index contributed by atoms with van der Waals surface area (Å²) in [6.45, 7) is 6.26. The molecule has 7 nitrogen and oxygen atoms in total. The molecule has 0 saturated heterocycles. The smallest absolute Gasteiger partial charge is 0.336 e. The van der Waals surface area contributed by atoms with Gasteiger partial charge in [-0.3, -0.25) is 9.59 Å². The summed E-state index contributed by atoms with van der Waals surface area (Å²) >= 11 is 0. The summed E-state index contributed by atoms with van der Waals surface area (Å²) in [5.74, 6) is -0.804. The maximum atomic E-state index is 12.6. The summed E-state index contributed by atoms with van der Waals surface area (Å²) < 4.78 is 21.1. The Morgan fingerprint density at radius 3 is 2.36 bits per heavy atom. The molecule has 0 N–H and O–H groups in total. The predicted octanol–water partition coefficient (Wildman–Crippen LogP) is 2.56. The van der Waals surface area contributed by atoms with Crippen LogP contribution in [0.5, 0.6) is 11.5 Å². The van der Waals surface area contributed by atoms with Crippen molar-refractivity contribution in [3.63, 3.8) is 0 Å². The van der Waals surface area contributed by atoms with Crippen molar-refractivity contribution in [2.24, 2.45) is 0 Å². The molecule has 1 heterocycles. The van der Waals surface area contributed by atoms with Crippen molar-refractivity contribution >= 4 is 22.7 Å². The van der Waals surface area contributed by atoms with Gasteiger partial charge in [-0.2, -0.15) is 0 Å². The first-order valence-electron chi connectivity index (χ1n) is 7.35. The quantitative estimate of drug-likeness (QED) is 0.451. The lowest BCUT2D eigenvalue weighted by molar-refractivity contribution is -0.152. The molecule has 2 aromatic rings. The van der Waals surface area contributed by atoms with Gasteiger partial charge in [-0.1, -0.05) is 6.58 Å². The number of methoxy groups -OCH3 is 2. The Morgan fingerprint density at radius 1 is 1.16 bits per heavy atom. The average molecular weight is 346 g/mol. The minimum atomic E-state index is -1.38. The van der Waals surface area contributed by atoms with Crippen molar-refractivity contribution in [1.29, 1.82) is 0 Å². The van der Waals surface area contributed by atoms with Crippen molar-refractivity contribution in [2.45, 2.75) is 20.0 Å². The number of fused-ring (bicyclic) bond motifs is 1. The van der Waals surface area contributed by atoms with Gasteiger partial charge in [0.05, 0.1) is 19.8 Å². The molecular formula is C18H18O7. The molecule has 2 rings (SSSR count). The van der Waals surface area contributed by atoms with E-state index in [9.17, 15) is 14.4 Å². The summed E-state index contributed by atoms with van der Waals surface area (Å²) in [6, 6.07) is 4.35. The first-order valence-corrected chi connectivity index (χ1v) is 7.35. The number of ketones is 1. The highest BCUT2D eigenvalue weighted by molar-refractivity contribution is 6.02. The number of benzene rings is 1. The van der Waals surface area contributed by atoms with E-state index in [1.165, 1.54) is 40.2 Å². The minimum absolute atomic E-state index is 0.0750. The lowest BCUT2D eigenvalue weighted by Gasteiger charge is -2.21. The van der Waals surface area contributed by atoms with Crippen LogP contribution in [0.15, 0.2) is 39.6 Å². The van der Waals surface area contributed by atoms with E-state index in [0.717, 1.165) is 0 Å². The van der Waals surface area contributed by atoms with Crippen LogP contribution in [0.2, 0.25) is 0 Å². The first kappa shape index (κ1) is 18.3. The second-order valence-corrected chi connectivity index (χ2v) is 5.33. The number of hydrogen-bond acceptors (Lipinski definition) is 7. The van der Waals surface area contributed by atoms with Crippen molar-refractivity contribution in [1.82, 2.24) is 0 Å². The standard InChI is InChI=1S/C18H18O7/c1-9(2)15(21)18(24-10(3)19)14-16-11(6-7-13(20)25-16)8-12(22-4)17(14)23-5/h6-8,18H,1H2,2-5H3/t18-/m1/s1. The van der Waals surface area contributed by atoms with Crippen LogP contribution >= 0.6 is 0 Å². The molecule has 0 radical (unpaired) electrons. The Bertz CT molecular complexity index is 908. The number of carbonyl (C=O) groups excluding carboxylic acids is 2. The van der Waals surface area contributed by atoms with Crippen LogP contribution in [-0.2, 0) is 14.3 Å². The summed E-state index contributed by atoms with van der Waals surface area (Å²) in [5.41, 5.74) is -0.281. The van der Waals surface area contributed by atoms with Gasteiger partial charge in [0.15, 0.2) is 17.6 Å². The highest BCUT2D eigenvalue weighted by Crippen LogP contribution is 2.42. The molecule has 0 saturated carbocycles. The molecule has 1 aromatic carbocycles. The largest absolute Gasteiger partial charge is 0.493 e. The second-order valence-electron chi connectivity index (χ2n) is 5.33. The van der Waals surface area contributed by atoms with Crippen LogP contribution in [0.25, 0.3) is 11.0 Å². The first-order chi connectivity index (χ1) is 11.8. The van der Waals surface area contributed by atoms with E-state index in [1.54, 1.807) is 6.07 Å². The zero-order valence-corrected chi connectivity index (χ0v) is 14.4. The normalized spacial score (nSPS) is 11.7. The third-order valence-electron chi connectivity index (χ3n) is 3.49. The number of carbonyl (C=O) groups is 2. The van der Waals surface area contributed by atoms with E-state index >= 15 is 0 Å². The topological polar surface area (TPSA) is 92.0 Å². The van der Waals surface area contributed by atoms with Gasteiger partial charge in [-0.05, 0) is 24.6 Å². The van der Waals surface area contributed by atoms with Crippen LogP contribution in [-0.4, -0.2) is 26.0 Å². The van der Waals surface area contributed by atoms with E-state index in [4.69, 9.17) is 18.6 Å². The fourth-order valence-corrected chi connectivity index (χ4v) is 2.43. The summed E-state index contributed by atoms with van der Waals surface area (Å²) in [7, 11) is 2.79. The third-order valence-corrected chi connectivity index (χ3v) is 3.49. The molecule has 132 valence electrons. The van der Waals surface area contributed by atoms with Gasteiger partial charge in [0.2, 0.25) is 5.78 Å². The van der Waals surface area contributed by atoms with Crippen LogP contribution in [0.1, 0.15) is 25.5 Å². The molecule has 1 aromatic heterocycles. The molecule has 0 unspecified atom stereocenters. The molecule has 0 aliphatic carbocycles. The molecular weight excluding hydrogens is 328 g/mol. The van der Waals surface area contributed by atoms with E-state index in [1.807, 2.05) is 0 Å². The van der Waals surface area contributed by atoms with Gasteiger partial charge in [0.1, 0.15) is 5.58 Å². The highest BCUT2D eigenvalue weighted by atomic mass is 16.6. The van der Waals surface area contributed by atoms with Crippen molar-refractivity contribution in [3.8, 4) is 11.5 Å². The Morgan fingerprint density at radius 2 is 1.84 bits per heavy atom. The van der Waals surface area contributed by atoms with Crippen molar-refractivity contribution in [3.05, 3.63) is 46.3 Å². The van der Waals surface area contributed by atoms with Gasteiger partial charge < -0.3 is 18.6 Å². The predicted molar refractivity (Wildman–Crippen MR) is 89.9 cm³/mol.